The van der Waals surface area contributed by atoms with E-state index in [0.717, 1.165) is 25.0 Å². The van der Waals surface area contributed by atoms with Gasteiger partial charge < -0.3 is 9.64 Å². The lowest BCUT2D eigenvalue weighted by atomic mass is 10.1. The summed E-state index contributed by atoms with van der Waals surface area (Å²) in [6.07, 6.45) is 1.61. The predicted molar refractivity (Wildman–Crippen MR) is 83.5 cm³/mol. The van der Waals surface area contributed by atoms with Crippen molar-refractivity contribution in [3.8, 4) is 0 Å². The van der Waals surface area contributed by atoms with Crippen LogP contribution in [-0.2, 0) is 4.74 Å². The standard InChI is InChI=1S/C18H17F2NO2/c19-14-8-9-17(16(20)11-14)21(12-15-7-4-10-23-15)18(22)13-5-2-1-3-6-13/h1-3,5-6,8-9,11,15H,4,7,10,12H2. The first-order valence-corrected chi connectivity index (χ1v) is 7.59. The molecular formula is C18H17F2NO2. The minimum absolute atomic E-state index is 0.0655. The second kappa shape index (κ2) is 6.87. The molecule has 0 aliphatic carbocycles. The van der Waals surface area contributed by atoms with Crippen LogP contribution in [-0.4, -0.2) is 25.2 Å². The first kappa shape index (κ1) is 15.6. The lowest BCUT2D eigenvalue weighted by molar-refractivity contribution is 0.0916. The van der Waals surface area contributed by atoms with E-state index in [1.54, 1.807) is 30.3 Å². The first-order valence-electron chi connectivity index (χ1n) is 7.59. The second-order valence-corrected chi connectivity index (χ2v) is 5.51. The number of hydrogen-bond donors (Lipinski definition) is 0. The molecule has 23 heavy (non-hydrogen) atoms. The van der Waals surface area contributed by atoms with Gasteiger partial charge >= 0.3 is 0 Å². The van der Waals surface area contributed by atoms with E-state index in [1.165, 1.54) is 11.0 Å². The van der Waals surface area contributed by atoms with E-state index >= 15 is 0 Å². The smallest absolute Gasteiger partial charge is 0.258 e. The highest BCUT2D eigenvalue weighted by Crippen LogP contribution is 2.25. The van der Waals surface area contributed by atoms with Crippen molar-refractivity contribution in [1.29, 1.82) is 0 Å². The maximum atomic E-state index is 14.2. The molecule has 2 aromatic rings. The summed E-state index contributed by atoms with van der Waals surface area (Å²) in [7, 11) is 0. The largest absolute Gasteiger partial charge is 0.376 e. The Morgan fingerprint density at radius 1 is 1.17 bits per heavy atom. The number of rotatable bonds is 4. The fourth-order valence-corrected chi connectivity index (χ4v) is 2.72. The van der Waals surface area contributed by atoms with E-state index in [-0.39, 0.29) is 24.2 Å². The maximum Gasteiger partial charge on any atom is 0.258 e. The van der Waals surface area contributed by atoms with Gasteiger partial charge in [0.1, 0.15) is 11.6 Å². The lowest BCUT2D eigenvalue weighted by Gasteiger charge is -2.26. The van der Waals surface area contributed by atoms with Gasteiger partial charge in [0.05, 0.1) is 18.3 Å². The Kier molecular flexibility index (Phi) is 4.67. The van der Waals surface area contributed by atoms with Crippen molar-refractivity contribution in [2.75, 3.05) is 18.1 Å². The number of carbonyl (C=O) groups excluding carboxylic acids is 1. The minimum atomic E-state index is -0.757. The summed E-state index contributed by atoms with van der Waals surface area (Å²) < 4.78 is 32.9. The Morgan fingerprint density at radius 3 is 2.61 bits per heavy atom. The van der Waals surface area contributed by atoms with Gasteiger partial charge in [-0.25, -0.2) is 8.78 Å². The minimum Gasteiger partial charge on any atom is -0.376 e. The van der Waals surface area contributed by atoms with Crippen molar-refractivity contribution in [1.82, 2.24) is 0 Å². The zero-order valence-corrected chi connectivity index (χ0v) is 12.5. The Balaban J connectivity index is 1.94. The number of ether oxygens (including phenoxy) is 1. The highest BCUT2D eigenvalue weighted by Gasteiger charge is 2.26. The summed E-state index contributed by atoms with van der Waals surface area (Å²) >= 11 is 0. The van der Waals surface area contributed by atoms with E-state index in [2.05, 4.69) is 0 Å². The molecular weight excluding hydrogens is 300 g/mol. The van der Waals surface area contributed by atoms with Crippen molar-refractivity contribution in [3.63, 3.8) is 0 Å². The third-order valence-corrected chi connectivity index (χ3v) is 3.88. The lowest BCUT2D eigenvalue weighted by Crippen LogP contribution is -2.38. The van der Waals surface area contributed by atoms with Crippen molar-refractivity contribution in [2.24, 2.45) is 0 Å². The van der Waals surface area contributed by atoms with Gasteiger partial charge in [0.25, 0.3) is 5.91 Å². The Labute approximate surface area is 133 Å². The molecule has 2 aromatic carbocycles. The average molecular weight is 317 g/mol. The van der Waals surface area contributed by atoms with Crippen LogP contribution in [0.1, 0.15) is 23.2 Å². The summed E-state index contributed by atoms with van der Waals surface area (Å²) in [6, 6.07) is 11.9. The summed E-state index contributed by atoms with van der Waals surface area (Å²) in [5.74, 6) is -1.76. The zero-order valence-electron chi connectivity index (χ0n) is 12.5. The monoisotopic (exact) mass is 317 g/mol. The molecule has 1 fully saturated rings. The maximum absolute atomic E-state index is 14.2. The number of anilines is 1. The van der Waals surface area contributed by atoms with Gasteiger partial charge in [0.15, 0.2) is 0 Å². The van der Waals surface area contributed by atoms with Crippen LogP contribution in [0.2, 0.25) is 0 Å². The molecule has 120 valence electrons. The molecule has 0 bridgehead atoms. The van der Waals surface area contributed by atoms with Crippen LogP contribution in [0.3, 0.4) is 0 Å². The number of hydrogen-bond acceptors (Lipinski definition) is 2. The molecule has 3 rings (SSSR count). The molecule has 0 spiro atoms. The second-order valence-electron chi connectivity index (χ2n) is 5.51. The molecule has 1 aliphatic rings. The highest BCUT2D eigenvalue weighted by molar-refractivity contribution is 6.06. The Bertz CT molecular complexity index is 685. The van der Waals surface area contributed by atoms with E-state index in [4.69, 9.17) is 4.74 Å². The fourth-order valence-electron chi connectivity index (χ4n) is 2.72. The van der Waals surface area contributed by atoms with Crippen LogP contribution in [0.25, 0.3) is 0 Å². The summed E-state index contributed by atoms with van der Waals surface area (Å²) in [5, 5.41) is 0. The topological polar surface area (TPSA) is 29.5 Å². The van der Waals surface area contributed by atoms with Crippen LogP contribution in [0.15, 0.2) is 48.5 Å². The summed E-state index contributed by atoms with van der Waals surface area (Å²) in [5.41, 5.74) is 0.518. The number of halogens is 2. The summed E-state index contributed by atoms with van der Waals surface area (Å²) in [4.78, 5) is 14.1. The molecule has 0 aromatic heterocycles. The molecule has 0 saturated carbocycles. The van der Waals surface area contributed by atoms with Crippen LogP contribution >= 0.6 is 0 Å². The molecule has 1 aliphatic heterocycles. The van der Waals surface area contributed by atoms with Crippen molar-refractivity contribution in [3.05, 3.63) is 65.7 Å². The van der Waals surface area contributed by atoms with Crippen molar-refractivity contribution in [2.45, 2.75) is 18.9 Å². The van der Waals surface area contributed by atoms with Gasteiger partial charge in [-0.1, -0.05) is 18.2 Å². The van der Waals surface area contributed by atoms with Crippen molar-refractivity contribution < 1.29 is 18.3 Å². The third-order valence-electron chi connectivity index (χ3n) is 3.88. The van der Waals surface area contributed by atoms with Gasteiger partial charge in [-0.15, -0.1) is 0 Å². The van der Waals surface area contributed by atoms with Gasteiger partial charge in [0.2, 0.25) is 0 Å². The predicted octanol–water partition coefficient (Wildman–Crippen LogP) is 3.79. The molecule has 3 nitrogen and oxygen atoms in total. The SMILES string of the molecule is O=C(c1ccccc1)N(CC1CCCO1)c1ccc(F)cc1F. The summed E-state index contributed by atoms with van der Waals surface area (Å²) in [6.45, 7) is 0.889. The number of amides is 1. The van der Waals surface area contributed by atoms with E-state index in [9.17, 15) is 13.6 Å². The molecule has 0 radical (unpaired) electrons. The van der Waals surface area contributed by atoms with Gasteiger partial charge in [0, 0.05) is 18.2 Å². The molecule has 5 heteroatoms. The number of nitrogens with zero attached hydrogens (tertiary/aromatic N) is 1. The molecule has 1 unspecified atom stereocenters. The van der Waals surface area contributed by atoms with Gasteiger partial charge in [-0.05, 0) is 37.1 Å². The normalized spacial score (nSPS) is 17.2. The Morgan fingerprint density at radius 2 is 1.96 bits per heavy atom. The first-order chi connectivity index (χ1) is 11.1. The molecule has 1 atom stereocenters. The van der Waals surface area contributed by atoms with Crippen molar-refractivity contribution >= 4 is 11.6 Å². The van der Waals surface area contributed by atoms with Gasteiger partial charge in [-0.3, -0.25) is 4.79 Å². The van der Waals surface area contributed by atoms with E-state index in [1.807, 2.05) is 0 Å². The van der Waals surface area contributed by atoms with Crippen LogP contribution in [0, 0.1) is 11.6 Å². The number of carbonyl (C=O) groups is 1. The van der Waals surface area contributed by atoms with E-state index < -0.39 is 11.6 Å². The average Bonchev–Trinajstić information content (AvgIpc) is 3.07. The molecule has 0 N–H and O–H groups in total. The molecule has 1 amide bonds. The van der Waals surface area contributed by atoms with E-state index in [0.29, 0.717) is 12.2 Å². The van der Waals surface area contributed by atoms with Crippen LogP contribution < -0.4 is 4.90 Å². The highest BCUT2D eigenvalue weighted by atomic mass is 19.1. The number of benzene rings is 2. The fraction of sp³-hybridized carbons (Fsp3) is 0.278. The molecule has 1 heterocycles. The van der Waals surface area contributed by atoms with Crippen LogP contribution in [0.5, 0.6) is 0 Å². The third kappa shape index (κ3) is 3.56. The van der Waals surface area contributed by atoms with Crippen LogP contribution in [0.4, 0.5) is 14.5 Å². The van der Waals surface area contributed by atoms with Gasteiger partial charge in [-0.2, -0.15) is 0 Å². The zero-order chi connectivity index (χ0) is 16.2. The quantitative estimate of drug-likeness (QED) is 0.858. The Hall–Kier alpha value is -2.27. The molecule has 1 saturated heterocycles.